The van der Waals surface area contributed by atoms with Gasteiger partial charge in [0.15, 0.2) is 6.29 Å². The Balaban J connectivity index is 1.31. The SMILES string of the molecule is C=CCCc1c(F)cc(OC(F)(F)c2c(F)cc(-c3ccc(-c4ccc(C5OCC(CCCCC)CO5)cc4F)cc3F)cc2F)cc1F. The Morgan fingerprint density at radius 1 is 0.755 bits per heavy atom. The second kappa shape index (κ2) is 15.6. The summed E-state index contributed by atoms with van der Waals surface area (Å²) in [6.07, 6.45) is 0.392. The van der Waals surface area contributed by atoms with Crippen LogP contribution in [0.4, 0.5) is 35.1 Å². The Morgan fingerprint density at radius 2 is 1.35 bits per heavy atom. The fourth-order valence-electron chi connectivity index (χ4n) is 5.74. The third-order valence-corrected chi connectivity index (χ3v) is 8.33. The number of hydrogen-bond donors (Lipinski definition) is 0. The van der Waals surface area contributed by atoms with Gasteiger partial charge in [-0.2, -0.15) is 8.78 Å². The lowest BCUT2D eigenvalue weighted by Crippen LogP contribution is -2.27. The molecule has 4 aromatic carbocycles. The minimum atomic E-state index is -4.70. The van der Waals surface area contributed by atoms with Crippen LogP contribution in [0.25, 0.3) is 22.3 Å². The summed E-state index contributed by atoms with van der Waals surface area (Å²) < 4.78 is 135. The molecule has 1 fully saturated rings. The Labute approximate surface area is 279 Å². The number of rotatable bonds is 13. The van der Waals surface area contributed by atoms with E-state index in [4.69, 9.17) is 9.47 Å². The highest BCUT2D eigenvalue weighted by molar-refractivity contribution is 5.72. The number of benzene rings is 4. The zero-order chi connectivity index (χ0) is 35.3. The molecule has 0 atom stereocenters. The zero-order valence-corrected chi connectivity index (χ0v) is 26.6. The summed E-state index contributed by atoms with van der Waals surface area (Å²) >= 11 is 0. The van der Waals surface area contributed by atoms with Crippen LogP contribution in [0.3, 0.4) is 0 Å². The summed E-state index contributed by atoms with van der Waals surface area (Å²) in [7, 11) is 0. The molecule has 4 aromatic rings. The lowest BCUT2D eigenvalue weighted by Gasteiger charge is -2.29. The molecule has 1 aliphatic heterocycles. The quantitative estimate of drug-likeness (QED) is 0.0794. The van der Waals surface area contributed by atoms with Gasteiger partial charge >= 0.3 is 6.11 Å². The van der Waals surface area contributed by atoms with Crippen LogP contribution in [-0.4, -0.2) is 13.2 Å². The van der Waals surface area contributed by atoms with E-state index in [1.165, 1.54) is 24.3 Å². The van der Waals surface area contributed by atoms with Crippen molar-refractivity contribution < 1.29 is 49.3 Å². The van der Waals surface area contributed by atoms with E-state index in [9.17, 15) is 17.6 Å². The van der Waals surface area contributed by atoms with E-state index >= 15 is 17.6 Å². The van der Waals surface area contributed by atoms with Gasteiger partial charge in [0.25, 0.3) is 0 Å². The van der Waals surface area contributed by atoms with Crippen LogP contribution in [0.15, 0.2) is 73.3 Å². The molecule has 1 heterocycles. The molecule has 0 N–H and O–H groups in total. The average Bonchev–Trinajstić information content (AvgIpc) is 3.04. The molecule has 49 heavy (non-hydrogen) atoms. The second-order valence-electron chi connectivity index (χ2n) is 11.9. The first-order chi connectivity index (χ1) is 23.4. The molecule has 0 spiro atoms. The maximum atomic E-state index is 15.3. The number of hydrogen-bond acceptors (Lipinski definition) is 3. The molecule has 0 saturated carbocycles. The highest BCUT2D eigenvalue weighted by Gasteiger charge is 2.41. The maximum absolute atomic E-state index is 15.3. The van der Waals surface area contributed by atoms with Crippen LogP contribution >= 0.6 is 0 Å². The Morgan fingerprint density at radius 3 is 1.94 bits per heavy atom. The molecule has 0 bridgehead atoms. The fraction of sp³-hybridized carbons (Fsp3) is 0.316. The Bertz CT molecular complexity index is 1750. The molecule has 5 rings (SSSR count). The molecular weight excluding hydrogens is 656 g/mol. The summed E-state index contributed by atoms with van der Waals surface area (Å²) in [5.41, 5.74) is -2.42. The molecule has 3 nitrogen and oxygen atoms in total. The predicted molar refractivity (Wildman–Crippen MR) is 169 cm³/mol. The Kier molecular flexibility index (Phi) is 11.4. The molecule has 0 radical (unpaired) electrons. The molecule has 1 aliphatic rings. The van der Waals surface area contributed by atoms with Crippen molar-refractivity contribution in [1.29, 1.82) is 0 Å². The van der Waals surface area contributed by atoms with E-state index in [-0.39, 0.29) is 41.0 Å². The van der Waals surface area contributed by atoms with Crippen LogP contribution < -0.4 is 4.74 Å². The van der Waals surface area contributed by atoms with Crippen molar-refractivity contribution in [3.63, 3.8) is 0 Å². The van der Waals surface area contributed by atoms with E-state index in [0.717, 1.165) is 37.8 Å². The number of allylic oxidation sites excluding steroid dienone is 1. The van der Waals surface area contributed by atoms with Crippen LogP contribution in [-0.2, 0) is 22.0 Å². The van der Waals surface area contributed by atoms with Crippen LogP contribution in [0.5, 0.6) is 5.75 Å². The van der Waals surface area contributed by atoms with Gasteiger partial charge in [0, 0.05) is 40.3 Å². The van der Waals surface area contributed by atoms with Crippen molar-refractivity contribution in [2.75, 3.05) is 13.2 Å². The first-order valence-electron chi connectivity index (χ1n) is 15.9. The van der Waals surface area contributed by atoms with Gasteiger partial charge in [-0.15, -0.1) is 6.58 Å². The number of halogens is 8. The summed E-state index contributed by atoms with van der Waals surface area (Å²) in [6, 6.07) is 9.56. The van der Waals surface area contributed by atoms with E-state index < -0.39 is 64.2 Å². The van der Waals surface area contributed by atoms with Gasteiger partial charge < -0.3 is 14.2 Å². The van der Waals surface area contributed by atoms with Crippen molar-refractivity contribution >= 4 is 0 Å². The van der Waals surface area contributed by atoms with Crippen LogP contribution in [0.1, 0.15) is 62.0 Å². The van der Waals surface area contributed by atoms with Gasteiger partial charge in [0.05, 0.1) is 13.2 Å². The monoisotopic (exact) mass is 690 g/mol. The topological polar surface area (TPSA) is 27.7 Å². The Hall–Kier alpha value is -4.22. The minimum absolute atomic E-state index is 0.0357. The van der Waals surface area contributed by atoms with Crippen molar-refractivity contribution in [2.24, 2.45) is 5.92 Å². The van der Waals surface area contributed by atoms with Gasteiger partial charge in [-0.3, -0.25) is 0 Å². The molecule has 1 saturated heterocycles. The van der Waals surface area contributed by atoms with Gasteiger partial charge in [-0.05, 0) is 54.7 Å². The number of ether oxygens (including phenoxy) is 3. The molecule has 260 valence electrons. The lowest BCUT2D eigenvalue weighted by atomic mass is 9.97. The predicted octanol–water partition coefficient (Wildman–Crippen LogP) is 11.3. The first-order valence-corrected chi connectivity index (χ1v) is 15.9. The summed E-state index contributed by atoms with van der Waals surface area (Å²) in [5, 5.41) is 0. The molecule has 0 aromatic heterocycles. The van der Waals surface area contributed by atoms with Crippen molar-refractivity contribution in [2.45, 2.75) is 57.8 Å². The van der Waals surface area contributed by atoms with E-state index in [1.54, 1.807) is 6.07 Å². The summed E-state index contributed by atoms with van der Waals surface area (Å²) in [6.45, 7) is 6.55. The fourth-order valence-corrected chi connectivity index (χ4v) is 5.74. The molecule has 0 unspecified atom stereocenters. The van der Waals surface area contributed by atoms with Gasteiger partial charge in [0.2, 0.25) is 0 Å². The average molecular weight is 691 g/mol. The van der Waals surface area contributed by atoms with Crippen molar-refractivity contribution in [3.05, 3.63) is 125 Å². The van der Waals surface area contributed by atoms with Gasteiger partial charge in [0.1, 0.15) is 46.2 Å². The van der Waals surface area contributed by atoms with Crippen molar-refractivity contribution in [3.8, 4) is 28.0 Å². The van der Waals surface area contributed by atoms with Gasteiger partial charge in [-0.25, -0.2) is 26.3 Å². The summed E-state index contributed by atoms with van der Waals surface area (Å²) in [4.78, 5) is 0. The third kappa shape index (κ3) is 8.33. The number of alkyl halides is 2. The van der Waals surface area contributed by atoms with Gasteiger partial charge in [-0.1, -0.05) is 56.5 Å². The third-order valence-electron chi connectivity index (χ3n) is 8.33. The highest BCUT2D eigenvalue weighted by atomic mass is 19.3. The molecule has 0 aliphatic carbocycles. The molecule has 0 amide bonds. The van der Waals surface area contributed by atoms with E-state index in [0.29, 0.717) is 43.0 Å². The molecular formula is C38H34F8O3. The molecule has 11 heteroatoms. The van der Waals surface area contributed by atoms with E-state index in [2.05, 4.69) is 18.2 Å². The lowest BCUT2D eigenvalue weighted by molar-refractivity contribution is -0.206. The summed E-state index contributed by atoms with van der Waals surface area (Å²) in [5.74, 6) is -8.39. The zero-order valence-electron chi connectivity index (χ0n) is 26.6. The van der Waals surface area contributed by atoms with Crippen LogP contribution in [0.2, 0.25) is 0 Å². The maximum Gasteiger partial charge on any atom is 0.432 e. The van der Waals surface area contributed by atoms with Crippen molar-refractivity contribution in [1.82, 2.24) is 0 Å². The second-order valence-corrected chi connectivity index (χ2v) is 11.9. The highest BCUT2D eigenvalue weighted by Crippen LogP contribution is 2.39. The first kappa shape index (κ1) is 36.1. The smallest absolute Gasteiger partial charge is 0.429 e. The van der Waals surface area contributed by atoms with Crippen LogP contribution in [0, 0.1) is 40.8 Å². The number of unbranched alkanes of at least 4 members (excludes halogenated alkanes) is 2. The van der Waals surface area contributed by atoms with E-state index in [1.807, 2.05) is 0 Å². The largest absolute Gasteiger partial charge is 0.432 e. The minimum Gasteiger partial charge on any atom is -0.429 e. The normalized spacial score (nSPS) is 16.5. The standard InChI is InChI=1S/C38H34F8O3/c1-3-5-7-8-22-20-47-37(48-21-22)24-11-13-27(31(40)15-24)23-10-12-28(30(39)14-23)25-16-34(43)36(35(44)17-25)38(45,46)49-26-18-32(41)29(9-6-4-2)33(42)19-26/h4,10-19,22,37H,2-3,5-9,20-21H2,1H3.